The van der Waals surface area contributed by atoms with Crippen LogP contribution >= 0.6 is 0 Å². The average molecular weight is 289 g/mol. The van der Waals surface area contributed by atoms with Gasteiger partial charge in [0.25, 0.3) is 6.33 Å². The Morgan fingerprint density at radius 1 is 1.18 bits per heavy atom. The molecule has 1 aliphatic rings. The molecule has 3 aromatic rings. The highest BCUT2D eigenvalue weighted by molar-refractivity contribution is 6.68. The van der Waals surface area contributed by atoms with Gasteiger partial charge in [-0.25, -0.2) is 0 Å². The molecule has 0 unspecified atom stereocenters. The summed E-state index contributed by atoms with van der Waals surface area (Å²) in [6, 6.07) is 11.1. The maximum absolute atomic E-state index is 4.35. The smallest absolute Gasteiger partial charge is 0.261 e. The van der Waals surface area contributed by atoms with Crippen molar-refractivity contribution in [1.29, 1.82) is 0 Å². The third kappa shape index (κ3) is 2.14. The summed E-state index contributed by atoms with van der Waals surface area (Å²) in [4.78, 5) is 0. The van der Waals surface area contributed by atoms with E-state index < -0.39 is 0 Å². The zero-order valence-corrected chi connectivity index (χ0v) is 13.2. The quantitative estimate of drug-likeness (QED) is 0.508. The van der Waals surface area contributed by atoms with Crippen molar-refractivity contribution in [3.05, 3.63) is 47.8 Å². The Morgan fingerprint density at radius 2 is 2.00 bits per heavy atom. The zero-order chi connectivity index (χ0) is 15.1. The minimum absolute atomic E-state index is 1.13. The summed E-state index contributed by atoms with van der Waals surface area (Å²) in [5.41, 5.74) is 5.57. The summed E-state index contributed by atoms with van der Waals surface area (Å²) in [6.45, 7) is 0. The van der Waals surface area contributed by atoms with Crippen LogP contribution in [-0.2, 0) is 26.9 Å². The minimum Gasteiger partial charge on any atom is -0.279 e. The third-order valence-corrected chi connectivity index (χ3v) is 4.78. The highest BCUT2D eigenvalue weighted by Gasteiger charge is 2.13. The second-order valence-electron chi connectivity index (χ2n) is 6.22. The Morgan fingerprint density at radius 3 is 2.82 bits per heavy atom. The van der Waals surface area contributed by atoms with Gasteiger partial charge >= 0.3 is 0 Å². The standard InChI is InChI=1S/C18H20BN3/c1-21-12-20-22(2)18(21)19-17-15-9-5-3-7-13(15)11-14-8-4-6-10-16(14)17/h3,5,7,9,11-12H,4,6,8,10H2,1-2H3. The van der Waals surface area contributed by atoms with Gasteiger partial charge in [0.15, 0.2) is 0 Å². The molecule has 0 amide bonds. The van der Waals surface area contributed by atoms with Gasteiger partial charge in [-0.1, -0.05) is 41.3 Å². The molecule has 0 fully saturated rings. The van der Waals surface area contributed by atoms with Gasteiger partial charge in [0.05, 0.1) is 14.1 Å². The lowest BCUT2D eigenvalue weighted by Crippen LogP contribution is -2.53. The first kappa shape index (κ1) is 13.6. The van der Waals surface area contributed by atoms with Crippen molar-refractivity contribution in [3.8, 4) is 0 Å². The van der Waals surface area contributed by atoms with E-state index in [2.05, 4.69) is 54.3 Å². The molecule has 0 aliphatic heterocycles. The van der Waals surface area contributed by atoms with Crippen LogP contribution < -0.4 is 15.8 Å². The SMILES string of the molecule is Cn1nc[n+](C)c1[B-]c1c2c(cc3ccccc13)CCCC2. The molecule has 0 N–H and O–H groups in total. The van der Waals surface area contributed by atoms with Gasteiger partial charge in [0, 0.05) is 5.10 Å². The van der Waals surface area contributed by atoms with Gasteiger partial charge in [0.2, 0.25) is 0 Å². The molecule has 1 aromatic heterocycles. The Kier molecular flexibility index (Phi) is 3.25. The molecule has 110 valence electrons. The van der Waals surface area contributed by atoms with Crippen molar-refractivity contribution in [2.24, 2.45) is 14.1 Å². The molecule has 22 heavy (non-hydrogen) atoms. The van der Waals surface area contributed by atoms with E-state index in [4.69, 9.17) is 0 Å². The predicted molar refractivity (Wildman–Crippen MR) is 90.0 cm³/mol. The van der Waals surface area contributed by atoms with Gasteiger partial charge in [-0.05, 0) is 42.4 Å². The van der Waals surface area contributed by atoms with Crippen LogP contribution in [0.1, 0.15) is 24.0 Å². The van der Waals surface area contributed by atoms with Crippen LogP contribution in [-0.4, -0.2) is 17.1 Å². The number of fused-ring (bicyclic) bond motifs is 2. The predicted octanol–water partition coefficient (Wildman–Crippen LogP) is 0.932. The lowest BCUT2D eigenvalue weighted by Gasteiger charge is -2.28. The highest BCUT2D eigenvalue weighted by atomic mass is 15.3. The molecule has 3 nitrogen and oxygen atoms in total. The van der Waals surface area contributed by atoms with E-state index in [1.165, 1.54) is 53.0 Å². The normalized spacial score (nSPS) is 14.3. The van der Waals surface area contributed by atoms with E-state index in [1.807, 2.05) is 18.1 Å². The van der Waals surface area contributed by atoms with E-state index in [9.17, 15) is 0 Å². The first-order chi connectivity index (χ1) is 10.7. The van der Waals surface area contributed by atoms with Crippen LogP contribution in [0, 0.1) is 0 Å². The Bertz CT molecular complexity index is 831. The second kappa shape index (κ2) is 5.27. The molecule has 0 saturated heterocycles. The number of rotatable bonds is 2. The van der Waals surface area contributed by atoms with Crippen molar-refractivity contribution in [3.63, 3.8) is 0 Å². The number of benzene rings is 2. The Hall–Kier alpha value is -2.10. The van der Waals surface area contributed by atoms with Crippen LogP contribution in [0.15, 0.2) is 36.7 Å². The number of hydrogen-bond acceptors (Lipinski definition) is 1. The van der Waals surface area contributed by atoms with Crippen molar-refractivity contribution >= 4 is 29.2 Å². The lowest BCUT2D eigenvalue weighted by molar-refractivity contribution is -0.654. The summed E-state index contributed by atoms with van der Waals surface area (Å²) >= 11 is 0. The van der Waals surface area contributed by atoms with E-state index in [0.717, 1.165) is 5.72 Å². The molecule has 4 rings (SSSR count). The minimum atomic E-state index is 1.13. The number of aryl methyl sites for hydroxylation is 3. The molecule has 2 aromatic carbocycles. The fraction of sp³-hybridized carbons (Fsp3) is 0.333. The number of hydrogen-bond donors (Lipinski definition) is 0. The molecule has 1 heterocycles. The van der Waals surface area contributed by atoms with Gasteiger partial charge in [-0.15, -0.1) is 0 Å². The van der Waals surface area contributed by atoms with Crippen molar-refractivity contribution in [1.82, 2.24) is 9.78 Å². The summed E-state index contributed by atoms with van der Waals surface area (Å²) in [7, 11) is 6.36. The number of aromatic nitrogens is 3. The molecular formula is C18H20BN3. The highest BCUT2D eigenvalue weighted by Crippen LogP contribution is 2.24. The Labute approximate surface area is 131 Å². The maximum atomic E-state index is 4.35. The lowest BCUT2D eigenvalue weighted by atomic mass is 9.63. The van der Waals surface area contributed by atoms with E-state index in [-0.39, 0.29) is 0 Å². The fourth-order valence-electron chi connectivity index (χ4n) is 3.60. The van der Waals surface area contributed by atoms with E-state index >= 15 is 0 Å². The van der Waals surface area contributed by atoms with Crippen LogP contribution in [0.4, 0.5) is 0 Å². The summed E-state index contributed by atoms with van der Waals surface area (Å²) in [6.07, 6.45) is 6.86. The zero-order valence-electron chi connectivity index (χ0n) is 13.2. The Balaban J connectivity index is 1.94. The maximum Gasteiger partial charge on any atom is 0.261 e. The molecule has 0 spiro atoms. The van der Waals surface area contributed by atoms with E-state index in [0.29, 0.717) is 0 Å². The largest absolute Gasteiger partial charge is 0.279 e. The van der Waals surface area contributed by atoms with Gasteiger partial charge in [-0.2, -0.15) is 12.0 Å². The third-order valence-electron chi connectivity index (χ3n) is 4.78. The molecule has 1 aliphatic carbocycles. The van der Waals surface area contributed by atoms with Crippen molar-refractivity contribution in [2.75, 3.05) is 0 Å². The molecular weight excluding hydrogens is 269 g/mol. The average Bonchev–Trinajstić information content (AvgIpc) is 2.86. The van der Waals surface area contributed by atoms with Crippen LogP contribution in [0.2, 0.25) is 0 Å². The molecule has 4 heteroatoms. The molecule has 2 radical (unpaired) electrons. The monoisotopic (exact) mass is 289 g/mol. The molecule has 0 saturated carbocycles. The topological polar surface area (TPSA) is 21.7 Å². The van der Waals surface area contributed by atoms with Crippen LogP contribution in [0.5, 0.6) is 0 Å². The summed E-state index contributed by atoms with van der Waals surface area (Å²) in [5.74, 6) is 0. The fourth-order valence-corrected chi connectivity index (χ4v) is 3.60. The first-order valence-electron chi connectivity index (χ1n) is 8.00. The summed E-state index contributed by atoms with van der Waals surface area (Å²) in [5, 5.41) is 7.05. The van der Waals surface area contributed by atoms with E-state index in [1.54, 1.807) is 0 Å². The molecule has 0 bridgehead atoms. The van der Waals surface area contributed by atoms with Crippen molar-refractivity contribution in [2.45, 2.75) is 25.7 Å². The first-order valence-corrected chi connectivity index (χ1v) is 8.00. The van der Waals surface area contributed by atoms with Crippen LogP contribution in [0.3, 0.4) is 0 Å². The number of nitrogens with zero attached hydrogens (tertiary/aromatic N) is 3. The summed E-state index contributed by atoms with van der Waals surface area (Å²) < 4.78 is 4.02. The second-order valence-corrected chi connectivity index (χ2v) is 6.22. The van der Waals surface area contributed by atoms with Crippen LogP contribution in [0.25, 0.3) is 10.8 Å². The van der Waals surface area contributed by atoms with Gasteiger partial charge in [-0.3, -0.25) is 10.0 Å². The molecule has 0 atom stereocenters. The van der Waals surface area contributed by atoms with Gasteiger partial charge in [0.1, 0.15) is 0 Å². The van der Waals surface area contributed by atoms with Gasteiger partial charge < -0.3 is 0 Å². The van der Waals surface area contributed by atoms with Crippen molar-refractivity contribution < 1.29 is 4.57 Å².